The molecule has 2 nitrogen and oxygen atoms in total. The SMILES string of the molecule is C=CC(=O)N(C)CCCCCCCS. The van der Waals surface area contributed by atoms with Gasteiger partial charge in [-0.2, -0.15) is 12.6 Å². The lowest BCUT2D eigenvalue weighted by molar-refractivity contribution is -0.124. The molecule has 82 valence electrons. The van der Waals surface area contributed by atoms with Gasteiger partial charge in [-0.25, -0.2) is 0 Å². The van der Waals surface area contributed by atoms with Gasteiger partial charge in [0.05, 0.1) is 0 Å². The topological polar surface area (TPSA) is 20.3 Å². The zero-order chi connectivity index (χ0) is 10.8. The first kappa shape index (κ1) is 13.6. The van der Waals surface area contributed by atoms with Gasteiger partial charge in [-0.05, 0) is 24.7 Å². The molecule has 0 bridgehead atoms. The van der Waals surface area contributed by atoms with Crippen LogP contribution in [0, 0.1) is 0 Å². The number of carbonyl (C=O) groups excluding carboxylic acids is 1. The number of rotatable bonds is 8. The number of amides is 1. The summed E-state index contributed by atoms with van der Waals surface area (Å²) >= 11 is 4.15. The number of likely N-dealkylation sites (N-methyl/N-ethyl adjacent to an activating group) is 1. The van der Waals surface area contributed by atoms with Crippen LogP contribution in [-0.4, -0.2) is 30.2 Å². The largest absolute Gasteiger partial charge is 0.342 e. The Hall–Kier alpha value is -0.440. The maximum absolute atomic E-state index is 11.1. The zero-order valence-electron chi connectivity index (χ0n) is 9.04. The number of thiol groups is 1. The summed E-state index contributed by atoms with van der Waals surface area (Å²) in [5.41, 5.74) is 0. The van der Waals surface area contributed by atoms with E-state index in [0.29, 0.717) is 0 Å². The first-order chi connectivity index (χ1) is 6.72. The standard InChI is InChI=1S/C11H21NOS/c1-3-11(13)12(2)9-7-5-4-6-8-10-14/h3,14H,1,4-10H2,2H3. The monoisotopic (exact) mass is 215 g/mol. The van der Waals surface area contributed by atoms with Gasteiger partial charge >= 0.3 is 0 Å². The Morgan fingerprint density at radius 2 is 1.86 bits per heavy atom. The van der Waals surface area contributed by atoms with E-state index in [1.807, 2.05) is 7.05 Å². The Balaban J connectivity index is 3.27. The highest BCUT2D eigenvalue weighted by Crippen LogP contribution is 2.04. The molecule has 0 atom stereocenters. The maximum Gasteiger partial charge on any atom is 0.245 e. The molecule has 14 heavy (non-hydrogen) atoms. The molecular weight excluding hydrogens is 194 g/mol. The maximum atomic E-state index is 11.1. The van der Waals surface area contributed by atoms with Gasteiger partial charge in [0, 0.05) is 13.6 Å². The van der Waals surface area contributed by atoms with Crippen molar-refractivity contribution in [3.8, 4) is 0 Å². The lowest BCUT2D eigenvalue weighted by Crippen LogP contribution is -2.25. The van der Waals surface area contributed by atoms with E-state index >= 15 is 0 Å². The number of hydrogen-bond acceptors (Lipinski definition) is 2. The fourth-order valence-electron chi connectivity index (χ4n) is 1.26. The minimum absolute atomic E-state index is 0.0142. The Kier molecular flexibility index (Phi) is 8.84. The molecule has 0 unspecified atom stereocenters. The van der Waals surface area contributed by atoms with Gasteiger partial charge in [0.15, 0.2) is 0 Å². The minimum Gasteiger partial charge on any atom is -0.342 e. The Bertz CT molecular complexity index is 171. The van der Waals surface area contributed by atoms with Crippen LogP contribution in [0.2, 0.25) is 0 Å². The Morgan fingerprint density at radius 3 is 2.43 bits per heavy atom. The molecule has 0 aromatic carbocycles. The molecule has 0 rings (SSSR count). The van der Waals surface area contributed by atoms with Crippen molar-refractivity contribution in [3.63, 3.8) is 0 Å². The summed E-state index contributed by atoms with van der Waals surface area (Å²) < 4.78 is 0. The Labute approximate surface area is 92.8 Å². The molecule has 0 heterocycles. The second kappa shape index (κ2) is 9.13. The van der Waals surface area contributed by atoms with Crippen LogP contribution in [0.1, 0.15) is 32.1 Å². The summed E-state index contributed by atoms with van der Waals surface area (Å²) in [6, 6.07) is 0. The number of carbonyl (C=O) groups is 1. The van der Waals surface area contributed by atoms with Crippen LogP contribution < -0.4 is 0 Å². The summed E-state index contributed by atoms with van der Waals surface area (Å²) in [5.74, 6) is 0.995. The normalized spacial score (nSPS) is 9.86. The molecule has 0 N–H and O–H groups in total. The molecule has 0 fully saturated rings. The van der Waals surface area contributed by atoms with Crippen LogP contribution in [0.25, 0.3) is 0 Å². The summed E-state index contributed by atoms with van der Waals surface area (Å²) in [4.78, 5) is 12.8. The van der Waals surface area contributed by atoms with Crippen molar-refractivity contribution in [2.75, 3.05) is 19.3 Å². The molecular formula is C11H21NOS. The van der Waals surface area contributed by atoms with Crippen LogP contribution in [0.3, 0.4) is 0 Å². The van der Waals surface area contributed by atoms with Crippen LogP contribution in [0.15, 0.2) is 12.7 Å². The third-order valence-electron chi connectivity index (χ3n) is 2.20. The van der Waals surface area contributed by atoms with Gasteiger partial charge in [-0.3, -0.25) is 4.79 Å². The third kappa shape index (κ3) is 7.01. The second-order valence-electron chi connectivity index (χ2n) is 3.46. The first-order valence-corrected chi connectivity index (χ1v) is 5.84. The molecule has 3 heteroatoms. The molecule has 0 saturated heterocycles. The van der Waals surface area contributed by atoms with E-state index in [2.05, 4.69) is 19.2 Å². The highest BCUT2D eigenvalue weighted by Gasteiger charge is 2.02. The molecule has 1 amide bonds. The van der Waals surface area contributed by atoms with Crippen LogP contribution in [0.5, 0.6) is 0 Å². The lowest BCUT2D eigenvalue weighted by Gasteiger charge is -2.14. The minimum atomic E-state index is 0.0142. The van der Waals surface area contributed by atoms with E-state index in [9.17, 15) is 4.79 Å². The van der Waals surface area contributed by atoms with Crippen molar-refractivity contribution < 1.29 is 4.79 Å². The van der Waals surface area contributed by atoms with Gasteiger partial charge < -0.3 is 4.90 Å². The fourth-order valence-corrected chi connectivity index (χ4v) is 1.48. The predicted octanol–water partition coefficient (Wildman–Crippen LogP) is 2.51. The molecule has 0 aromatic heterocycles. The average Bonchev–Trinajstić information content (AvgIpc) is 2.21. The highest BCUT2D eigenvalue weighted by atomic mass is 32.1. The van der Waals surface area contributed by atoms with Gasteiger partial charge in [0.1, 0.15) is 0 Å². The van der Waals surface area contributed by atoms with E-state index in [0.717, 1.165) is 18.7 Å². The second-order valence-corrected chi connectivity index (χ2v) is 3.90. The van der Waals surface area contributed by atoms with Crippen LogP contribution in [-0.2, 0) is 4.79 Å². The molecule has 0 aromatic rings. The average molecular weight is 215 g/mol. The van der Waals surface area contributed by atoms with E-state index in [1.54, 1.807) is 4.90 Å². The van der Waals surface area contributed by atoms with Crippen LogP contribution in [0.4, 0.5) is 0 Å². The van der Waals surface area contributed by atoms with Gasteiger partial charge in [0.2, 0.25) is 5.91 Å². The molecule has 0 aliphatic carbocycles. The van der Waals surface area contributed by atoms with Crippen molar-refractivity contribution in [1.82, 2.24) is 4.90 Å². The van der Waals surface area contributed by atoms with E-state index < -0.39 is 0 Å². The molecule has 0 aliphatic heterocycles. The van der Waals surface area contributed by atoms with E-state index in [1.165, 1.54) is 31.8 Å². The number of nitrogens with zero attached hydrogens (tertiary/aromatic N) is 1. The molecule has 0 radical (unpaired) electrons. The van der Waals surface area contributed by atoms with Gasteiger partial charge in [0.25, 0.3) is 0 Å². The molecule has 0 aliphatic rings. The lowest BCUT2D eigenvalue weighted by atomic mass is 10.1. The predicted molar refractivity (Wildman–Crippen MR) is 64.8 cm³/mol. The molecule has 0 spiro atoms. The highest BCUT2D eigenvalue weighted by molar-refractivity contribution is 7.80. The smallest absolute Gasteiger partial charge is 0.245 e. The number of unbranched alkanes of at least 4 members (excludes halogenated alkanes) is 4. The fraction of sp³-hybridized carbons (Fsp3) is 0.727. The first-order valence-electron chi connectivity index (χ1n) is 5.20. The van der Waals surface area contributed by atoms with Crippen molar-refractivity contribution in [1.29, 1.82) is 0 Å². The van der Waals surface area contributed by atoms with Crippen molar-refractivity contribution in [2.45, 2.75) is 32.1 Å². The number of hydrogen-bond donors (Lipinski definition) is 1. The third-order valence-corrected chi connectivity index (χ3v) is 2.52. The van der Waals surface area contributed by atoms with E-state index in [4.69, 9.17) is 0 Å². The van der Waals surface area contributed by atoms with Crippen molar-refractivity contribution in [3.05, 3.63) is 12.7 Å². The van der Waals surface area contributed by atoms with Crippen molar-refractivity contribution >= 4 is 18.5 Å². The summed E-state index contributed by atoms with van der Waals surface area (Å²) in [6.07, 6.45) is 7.34. The van der Waals surface area contributed by atoms with Crippen LogP contribution >= 0.6 is 12.6 Å². The van der Waals surface area contributed by atoms with Crippen molar-refractivity contribution in [2.24, 2.45) is 0 Å². The van der Waals surface area contributed by atoms with Gasteiger partial charge in [-0.1, -0.05) is 25.8 Å². The quantitative estimate of drug-likeness (QED) is 0.375. The summed E-state index contributed by atoms with van der Waals surface area (Å²) in [7, 11) is 1.82. The molecule has 0 saturated carbocycles. The summed E-state index contributed by atoms with van der Waals surface area (Å²) in [5, 5.41) is 0. The Morgan fingerprint density at radius 1 is 1.29 bits per heavy atom. The van der Waals surface area contributed by atoms with Gasteiger partial charge in [-0.15, -0.1) is 0 Å². The zero-order valence-corrected chi connectivity index (χ0v) is 9.93. The van der Waals surface area contributed by atoms with E-state index in [-0.39, 0.29) is 5.91 Å². The summed E-state index contributed by atoms with van der Waals surface area (Å²) in [6.45, 7) is 4.29.